The van der Waals surface area contributed by atoms with E-state index in [1.807, 2.05) is 6.92 Å². The quantitative estimate of drug-likeness (QED) is 0.635. The molecule has 1 aliphatic rings. The number of carbonyl (C=O) groups is 2. The van der Waals surface area contributed by atoms with Gasteiger partial charge in [0.2, 0.25) is 0 Å². The summed E-state index contributed by atoms with van der Waals surface area (Å²) in [7, 11) is 0. The van der Waals surface area contributed by atoms with E-state index in [1.165, 1.54) is 4.90 Å². The third-order valence-electron chi connectivity index (χ3n) is 3.14. The summed E-state index contributed by atoms with van der Waals surface area (Å²) in [5.41, 5.74) is 0. The number of hydrogen-bond acceptors (Lipinski definition) is 4. The zero-order chi connectivity index (χ0) is 14.3. The van der Waals surface area contributed by atoms with Crippen molar-refractivity contribution in [3.8, 4) is 0 Å². The van der Waals surface area contributed by atoms with Gasteiger partial charge in [0.1, 0.15) is 6.04 Å². The molecule has 0 spiro atoms. The Hall–Kier alpha value is -1.34. The molecule has 1 saturated heterocycles. The molecule has 7 nitrogen and oxygen atoms in total. The molecule has 0 aromatic heterocycles. The fourth-order valence-corrected chi connectivity index (χ4v) is 1.97. The van der Waals surface area contributed by atoms with Crippen molar-refractivity contribution in [2.45, 2.75) is 38.3 Å². The number of nitrogens with zero attached hydrogens (tertiary/aromatic N) is 1. The van der Waals surface area contributed by atoms with Crippen molar-refractivity contribution in [3.05, 3.63) is 0 Å². The average Bonchev–Trinajstić information content (AvgIpc) is 2.42. The van der Waals surface area contributed by atoms with Crippen LogP contribution in [0.15, 0.2) is 0 Å². The number of nitrogens with one attached hydrogen (secondary N) is 1. The standard InChI is InChI=1S/C12H22N2O5/c1-2-3-4-10(11(16)17)13-12(18)14-5-6-19-8-9(14)7-15/h9-10,15H,2-8H2,1H3,(H,13,18)(H,16,17). The largest absolute Gasteiger partial charge is 0.480 e. The van der Waals surface area contributed by atoms with Crippen LogP contribution in [0, 0.1) is 0 Å². The summed E-state index contributed by atoms with van der Waals surface area (Å²) in [5.74, 6) is -1.03. The zero-order valence-corrected chi connectivity index (χ0v) is 11.2. The summed E-state index contributed by atoms with van der Waals surface area (Å²) in [6, 6.07) is -1.74. The van der Waals surface area contributed by atoms with Crippen LogP contribution in [0.4, 0.5) is 4.79 Å². The maximum Gasteiger partial charge on any atom is 0.326 e. The Bertz CT molecular complexity index is 310. The average molecular weight is 274 g/mol. The summed E-state index contributed by atoms with van der Waals surface area (Å²) in [5, 5.41) is 20.7. The number of unbranched alkanes of at least 4 members (excludes halogenated alkanes) is 1. The van der Waals surface area contributed by atoms with Gasteiger partial charge in [0.05, 0.1) is 25.9 Å². The molecule has 0 radical (unpaired) electrons. The molecule has 1 rings (SSSR count). The number of carbonyl (C=O) groups excluding carboxylic acids is 1. The molecule has 0 bridgehead atoms. The van der Waals surface area contributed by atoms with Crippen LogP contribution in [0.1, 0.15) is 26.2 Å². The summed E-state index contributed by atoms with van der Waals surface area (Å²) >= 11 is 0. The van der Waals surface area contributed by atoms with Gasteiger partial charge in [0.25, 0.3) is 0 Å². The number of ether oxygens (including phenoxy) is 1. The van der Waals surface area contributed by atoms with Crippen molar-refractivity contribution in [2.75, 3.05) is 26.4 Å². The number of rotatable bonds is 6. The highest BCUT2D eigenvalue weighted by Crippen LogP contribution is 2.08. The first-order valence-corrected chi connectivity index (χ1v) is 6.58. The zero-order valence-electron chi connectivity index (χ0n) is 11.2. The van der Waals surface area contributed by atoms with Crippen LogP contribution in [-0.2, 0) is 9.53 Å². The van der Waals surface area contributed by atoms with Gasteiger partial charge in [-0.1, -0.05) is 19.8 Å². The van der Waals surface area contributed by atoms with E-state index >= 15 is 0 Å². The first-order chi connectivity index (χ1) is 9.10. The molecular weight excluding hydrogens is 252 g/mol. The summed E-state index contributed by atoms with van der Waals surface area (Å²) < 4.78 is 5.17. The van der Waals surface area contributed by atoms with Crippen molar-refractivity contribution >= 4 is 12.0 Å². The number of aliphatic carboxylic acids is 1. The lowest BCUT2D eigenvalue weighted by Gasteiger charge is -2.35. The van der Waals surface area contributed by atoms with E-state index in [0.717, 1.165) is 12.8 Å². The van der Waals surface area contributed by atoms with E-state index < -0.39 is 24.1 Å². The number of morpholine rings is 1. The molecule has 7 heteroatoms. The second-order valence-corrected chi connectivity index (χ2v) is 4.59. The van der Waals surface area contributed by atoms with E-state index in [9.17, 15) is 14.7 Å². The number of aliphatic hydroxyl groups is 1. The third-order valence-corrected chi connectivity index (χ3v) is 3.14. The second kappa shape index (κ2) is 7.96. The minimum absolute atomic E-state index is 0.194. The fourth-order valence-electron chi connectivity index (χ4n) is 1.97. The van der Waals surface area contributed by atoms with E-state index in [2.05, 4.69) is 5.32 Å². The number of urea groups is 1. The molecule has 2 atom stereocenters. The predicted molar refractivity (Wildman–Crippen MR) is 67.9 cm³/mol. The molecule has 2 amide bonds. The Balaban J connectivity index is 2.56. The van der Waals surface area contributed by atoms with E-state index in [0.29, 0.717) is 19.6 Å². The van der Waals surface area contributed by atoms with Gasteiger partial charge >= 0.3 is 12.0 Å². The first kappa shape index (κ1) is 15.7. The van der Waals surface area contributed by atoms with Crippen LogP contribution >= 0.6 is 0 Å². The highest BCUT2D eigenvalue weighted by molar-refractivity contribution is 5.82. The molecular formula is C12H22N2O5. The number of carboxylic acid groups (broad SMARTS) is 1. The monoisotopic (exact) mass is 274 g/mol. The number of hydrogen-bond donors (Lipinski definition) is 3. The number of aliphatic hydroxyl groups excluding tert-OH is 1. The Morgan fingerprint density at radius 2 is 2.26 bits per heavy atom. The Kier molecular flexibility index (Phi) is 6.58. The van der Waals surface area contributed by atoms with E-state index in [-0.39, 0.29) is 13.2 Å². The third kappa shape index (κ3) is 4.68. The maximum atomic E-state index is 12.0. The lowest BCUT2D eigenvalue weighted by Crippen LogP contribution is -2.56. The fraction of sp³-hybridized carbons (Fsp3) is 0.833. The molecule has 0 aromatic rings. The minimum atomic E-state index is -1.03. The summed E-state index contributed by atoms with van der Waals surface area (Å²) in [4.78, 5) is 24.5. The topological polar surface area (TPSA) is 99.1 Å². The molecule has 0 aliphatic carbocycles. The van der Waals surface area contributed by atoms with E-state index in [4.69, 9.17) is 9.84 Å². The van der Waals surface area contributed by atoms with Gasteiger partial charge in [0, 0.05) is 6.54 Å². The van der Waals surface area contributed by atoms with Crippen molar-refractivity contribution < 1.29 is 24.5 Å². The Labute approximate surface area is 112 Å². The number of amides is 2. The van der Waals surface area contributed by atoms with Crippen LogP contribution in [0.3, 0.4) is 0 Å². The van der Waals surface area contributed by atoms with Crippen molar-refractivity contribution in [1.82, 2.24) is 10.2 Å². The van der Waals surface area contributed by atoms with Crippen molar-refractivity contribution in [1.29, 1.82) is 0 Å². The van der Waals surface area contributed by atoms with Crippen LogP contribution in [-0.4, -0.2) is 65.6 Å². The maximum absolute atomic E-state index is 12.0. The van der Waals surface area contributed by atoms with Crippen molar-refractivity contribution in [3.63, 3.8) is 0 Å². The van der Waals surface area contributed by atoms with Gasteiger partial charge in [-0.25, -0.2) is 9.59 Å². The molecule has 1 aliphatic heterocycles. The molecule has 3 N–H and O–H groups in total. The van der Waals surface area contributed by atoms with Gasteiger partial charge in [-0.15, -0.1) is 0 Å². The van der Waals surface area contributed by atoms with Crippen molar-refractivity contribution in [2.24, 2.45) is 0 Å². The predicted octanol–water partition coefficient (Wildman–Crippen LogP) is 0.0325. The minimum Gasteiger partial charge on any atom is -0.480 e. The van der Waals surface area contributed by atoms with Gasteiger partial charge in [0.15, 0.2) is 0 Å². The highest BCUT2D eigenvalue weighted by atomic mass is 16.5. The van der Waals surface area contributed by atoms with Gasteiger partial charge < -0.3 is 25.2 Å². The Morgan fingerprint density at radius 1 is 1.53 bits per heavy atom. The first-order valence-electron chi connectivity index (χ1n) is 6.58. The normalized spacial score (nSPS) is 20.9. The lowest BCUT2D eigenvalue weighted by atomic mass is 10.1. The summed E-state index contributed by atoms with van der Waals surface area (Å²) in [6.45, 7) is 2.80. The highest BCUT2D eigenvalue weighted by Gasteiger charge is 2.29. The molecule has 19 heavy (non-hydrogen) atoms. The SMILES string of the molecule is CCCCC(NC(=O)N1CCOCC1CO)C(=O)O. The molecule has 110 valence electrons. The molecule has 2 unspecified atom stereocenters. The van der Waals surface area contributed by atoms with Crippen LogP contribution in [0.2, 0.25) is 0 Å². The molecule has 1 fully saturated rings. The van der Waals surface area contributed by atoms with Crippen LogP contribution in [0.25, 0.3) is 0 Å². The number of carboxylic acids is 1. The molecule has 1 heterocycles. The summed E-state index contributed by atoms with van der Waals surface area (Å²) in [6.07, 6.45) is 2.02. The second-order valence-electron chi connectivity index (χ2n) is 4.59. The van der Waals surface area contributed by atoms with Gasteiger partial charge in [-0.3, -0.25) is 0 Å². The van der Waals surface area contributed by atoms with Crippen LogP contribution in [0.5, 0.6) is 0 Å². The molecule has 0 aromatic carbocycles. The smallest absolute Gasteiger partial charge is 0.326 e. The van der Waals surface area contributed by atoms with Gasteiger partial charge in [-0.2, -0.15) is 0 Å². The molecule has 0 saturated carbocycles. The van der Waals surface area contributed by atoms with Gasteiger partial charge in [-0.05, 0) is 6.42 Å². The van der Waals surface area contributed by atoms with E-state index in [1.54, 1.807) is 0 Å². The Morgan fingerprint density at radius 3 is 2.84 bits per heavy atom. The van der Waals surface area contributed by atoms with Crippen LogP contribution < -0.4 is 5.32 Å². The lowest BCUT2D eigenvalue weighted by molar-refractivity contribution is -0.139.